The van der Waals surface area contributed by atoms with E-state index in [1.54, 1.807) is 18.3 Å². The molecule has 3 rings (SSSR count). The second-order valence-electron chi connectivity index (χ2n) is 6.37. The van der Waals surface area contributed by atoms with Crippen LogP contribution in [0.2, 0.25) is 0 Å². The Hall–Kier alpha value is -2.19. The molecule has 2 aromatic rings. The van der Waals surface area contributed by atoms with Crippen molar-refractivity contribution in [1.29, 1.82) is 0 Å². The van der Waals surface area contributed by atoms with E-state index >= 15 is 0 Å². The minimum atomic E-state index is -3.51. The number of amides is 1. The highest BCUT2D eigenvalue weighted by Crippen LogP contribution is 2.26. The quantitative estimate of drug-likeness (QED) is 0.825. The molecule has 140 valence electrons. The van der Waals surface area contributed by atoms with Crippen LogP contribution in [0.5, 0.6) is 0 Å². The first-order valence-corrected chi connectivity index (χ1v) is 10.5. The highest BCUT2D eigenvalue weighted by atomic mass is 32.2. The predicted molar refractivity (Wildman–Crippen MR) is 100 cm³/mol. The Labute approximate surface area is 153 Å². The average Bonchev–Trinajstić information content (AvgIpc) is 2.64. The zero-order valence-electron chi connectivity index (χ0n) is 14.7. The fourth-order valence-corrected chi connectivity index (χ4v) is 4.07. The largest absolute Gasteiger partial charge is 0.381 e. The average molecular weight is 377 g/mol. The normalized spacial score (nSPS) is 15.7. The summed E-state index contributed by atoms with van der Waals surface area (Å²) in [6.07, 6.45) is 4.21. The smallest absolute Gasteiger partial charge is 0.232 e. The van der Waals surface area contributed by atoms with E-state index in [0.717, 1.165) is 11.6 Å². The zero-order valence-corrected chi connectivity index (χ0v) is 15.5. The Kier molecular flexibility index (Phi) is 5.73. The number of rotatable bonds is 6. The highest BCUT2D eigenvalue weighted by molar-refractivity contribution is 7.92. The number of benzene rings is 1. The number of carbonyl (C=O) groups is 1. The third-order valence-electron chi connectivity index (χ3n) is 4.49. The van der Waals surface area contributed by atoms with Gasteiger partial charge in [0.1, 0.15) is 0 Å². The lowest BCUT2D eigenvalue weighted by atomic mass is 9.99. The van der Waals surface area contributed by atoms with E-state index in [0.29, 0.717) is 37.3 Å². The molecule has 0 saturated carbocycles. The van der Waals surface area contributed by atoms with Gasteiger partial charge in [0, 0.05) is 37.3 Å². The van der Waals surface area contributed by atoms with Crippen LogP contribution in [-0.2, 0) is 19.6 Å². The van der Waals surface area contributed by atoms with Gasteiger partial charge in [0.15, 0.2) is 0 Å². The van der Waals surface area contributed by atoms with Crippen LogP contribution in [-0.4, -0.2) is 51.9 Å². The summed E-state index contributed by atoms with van der Waals surface area (Å²) in [4.78, 5) is 16.6. The number of sulfonamides is 1. The molecule has 1 aliphatic rings. The molecule has 8 heteroatoms. The number of carbonyl (C=O) groups excluding carboxylic acids is 1. The van der Waals surface area contributed by atoms with Crippen molar-refractivity contribution < 1.29 is 17.9 Å². The van der Waals surface area contributed by atoms with E-state index < -0.39 is 10.0 Å². The van der Waals surface area contributed by atoms with Gasteiger partial charge in [-0.25, -0.2) is 8.42 Å². The first-order chi connectivity index (χ1) is 12.5. The fourth-order valence-electron chi connectivity index (χ4n) is 3.14. The van der Waals surface area contributed by atoms with Gasteiger partial charge in [0.25, 0.3) is 0 Å². The van der Waals surface area contributed by atoms with Gasteiger partial charge in [-0.05, 0) is 25.0 Å². The lowest BCUT2D eigenvalue weighted by Crippen LogP contribution is -2.41. The molecule has 1 amide bonds. The number of pyridine rings is 1. The summed E-state index contributed by atoms with van der Waals surface area (Å²) in [5, 5.41) is 3.72. The van der Waals surface area contributed by atoms with Crippen molar-refractivity contribution in [3.8, 4) is 0 Å². The summed E-state index contributed by atoms with van der Waals surface area (Å²) in [7, 11) is -3.51. The summed E-state index contributed by atoms with van der Waals surface area (Å²) >= 11 is 0. The fraction of sp³-hybridized carbons (Fsp3) is 0.444. The minimum Gasteiger partial charge on any atom is -0.381 e. The van der Waals surface area contributed by atoms with Gasteiger partial charge in [-0.15, -0.1) is 0 Å². The molecule has 2 heterocycles. The summed E-state index contributed by atoms with van der Waals surface area (Å²) in [5.41, 5.74) is 1.14. The van der Waals surface area contributed by atoms with Crippen LogP contribution in [0.1, 0.15) is 12.8 Å². The number of anilines is 1. The van der Waals surface area contributed by atoms with Crippen molar-refractivity contribution in [3.63, 3.8) is 0 Å². The maximum Gasteiger partial charge on any atom is 0.232 e. The SMILES string of the molecule is CS(=O)(=O)N(CCNC(=O)C1CCOCC1)c1cccc2cccnc12. The van der Waals surface area contributed by atoms with Crippen LogP contribution in [0.3, 0.4) is 0 Å². The first-order valence-electron chi connectivity index (χ1n) is 8.64. The van der Waals surface area contributed by atoms with Crippen LogP contribution in [0, 0.1) is 5.92 Å². The monoisotopic (exact) mass is 377 g/mol. The highest BCUT2D eigenvalue weighted by Gasteiger charge is 2.23. The molecule has 1 N–H and O–H groups in total. The zero-order chi connectivity index (χ0) is 18.6. The maximum atomic E-state index is 12.3. The number of ether oxygens (including phenoxy) is 1. The molecule has 0 radical (unpaired) electrons. The third kappa shape index (κ3) is 4.31. The van der Waals surface area contributed by atoms with Crippen molar-refractivity contribution in [3.05, 3.63) is 36.5 Å². The molecule has 0 atom stereocenters. The van der Waals surface area contributed by atoms with Gasteiger partial charge in [-0.2, -0.15) is 0 Å². The van der Waals surface area contributed by atoms with Crippen molar-refractivity contribution >= 4 is 32.5 Å². The Morgan fingerprint density at radius 1 is 1.27 bits per heavy atom. The van der Waals surface area contributed by atoms with Crippen LogP contribution in [0.15, 0.2) is 36.5 Å². The molecular formula is C18H23N3O4S. The number of fused-ring (bicyclic) bond motifs is 1. The molecule has 26 heavy (non-hydrogen) atoms. The van der Waals surface area contributed by atoms with E-state index in [2.05, 4.69) is 10.3 Å². The molecule has 0 spiro atoms. The van der Waals surface area contributed by atoms with Crippen molar-refractivity contribution in [1.82, 2.24) is 10.3 Å². The van der Waals surface area contributed by atoms with Gasteiger partial charge < -0.3 is 10.1 Å². The molecule has 1 fully saturated rings. The van der Waals surface area contributed by atoms with E-state index in [1.807, 2.05) is 18.2 Å². The molecule has 0 unspecified atom stereocenters. The van der Waals surface area contributed by atoms with Gasteiger partial charge in [-0.3, -0.25) is 14.1 Å². The minimum absolute atomic E-state index is 0.0437. The number of para-hydroxylation sites is 1. The number of nitrogens with one attached hydrogen (secondary N) is 1. The molecular weight excluding hydrogens is 354 g/mol. The predicted octanol–water partition coefficient (Wildman–Crippen LogP) is 1.54. The number of hydrogen-bond donors (Lipinski definition) is 1. The first kappa shape index (κ1) is 18.6. The summed E-state index contributed by atoms with van der Waals surface area (Å²) in [6.45, 7) is 1.58. The summed E-state index contributed by atoms with van der Waals surface area (Å²) < 4.78 is 31.2. The second-order valence-corrected chi connectivity index (χ2v) is 8.27. The van der Waals surface area contributed by atoms with Crippen LogP contribution in [0.4, 0.5) is 5.69 Å². The Morgan fingerprint density at radius 3 is 2.73 bits per heavy atom. The topological polar surface area (TPSA) is 88.6 Å². The molecule has 7 nitrogen and oxygen atoms in total. The van der Waals surface area contributed by atoms with Crippen molar-refractivity contribution in [2.45, 2.75) is 12.8 Å². The molecule has 0 bridgehead atoms. The van der Waals surface area contributed by atoms with Crippen molar-refractivity contribution in [2.75, 3.05) is 36.9 Å². The molecule has 0 aliphatic carbocycles. The number of aromatic nitrogens is 1. The van der Waals surface area contributed by atoms with E-state index in [-0.39, 0.29) is 24.9 Å². The number of nitrogens with zero attached hydrogens (tertiary/aromatic N) is 2. The van der Waals surface area contributed by atoms with Crippen molar-refractivity contribution in [2.24, 2.45) is 5.92 Å². The summed E-state index contributed by atoms with van der Waals surface area (Å²) in [5.74, 6) is -0.104. The Bertz CT molecular complexity index is 874. The van der Waals surface area contributed by atoms with Gasteiger partial charge in [0.2, 0.25) is 15.9 Å². The van der Waals surface area contributed by atoms with Gasteiger partial charge in [-0.1, -0.05) is 18.2 Å². The van der Waals surface area contributed by atoms with Gasteiger partial charge >= 0.3 is 0 Å². The lowest BCUT2D eigenvalue weighted by molar-refractivity contribution is -0.127. The van der Waals surface area contributed by atoms with Crippen LogP contribution in [0.25, 0.3) is 10.9 Å². The molecule has 1 aliphatic heterocycles. The number of hydrogen-bond acceptors (Lipinski definition) is 5. The van der Waals surface area contributed by atoms with E-state index in [9.17, 15) is 13.2 Å². The Morgan fingerprint density at radius 2 is 2.00 bits per heavy atom. The second kappa shape index (κ2) is 8.01. The lowest BCUT2D eigenvalue weighted by Gasteiger charge is -2.25. The maximum absolute atomic E-state index is 12.3. The van der Waals surface area contributed by atoms with E-state index in [1.165, 1.54) is 4.31 Å². The van der Waals surface area contributed by atoms with Crippen LogP contribution < -0.4 is 9.62 Å². The third-order valence-corrected chi connectivity index (χ3v) is 5.67. The molecule has 1 aromatic carbocycles. The van der Waals surface area contributed by atoms with Gasteiger partial charge in [0.05, 0.1) is 24.0 Å². The molecule has 1 saturated heterocycles. The van der Waals surface area contributed by atoms with E-state index in [4.69, 9.17) is 4.74 Å². The summed E-state index contributed by atoms with van der Waals surface area (Å²) in [6, 6.07) is 9.12. The Balaban J connectivity index is 1.74. The molecule has 1 aromatic heterocycles. The standard InChI is InChI=1S/C18H23N3O4S/c1-26(23,24)21(11-10-20-18(22)15-7-12-25-13-8-15)16-6-2-4-14-5-3-9-19-17(14)16/h2-6,9,15H,7-8,10-13H2,1H3,(H,20,22). The van der Waals surface area contributed by atoms with Crippen LogP contribution >= 0.6 is 0 Å².